The Labute approximate surface area is 74.6 Å². The maximum absolute atomic E-state index is 4.93. The molecule has 0 atom stereocenters. The van der Waals surface area contributed by atoms with Gasteiger partial charge in [-0.3, -0.25) is 0 Å². The second kappa shape index (κ2) is 4.25. The summed E-state index contributed by atoms with van der Waals surface area (Å²) in [6.45, 7) is 4.03. The minimum absolute atomic E-state index is 0.264. The second-order valence-corrected chi connectivity index (χ2v) is 8.42. The minimum atomic E-state index is -0.264. The third kappa shape index (κ3) is 7.40. The van der Waals surface area contributed by atoms with Crippen LogP contribution in [0.5, 0.6) is 0 Å². The number of halogens is 3. The molecular formula is C4H6Br3O. The lowest BCUT2D eigenvalue weighted by Gasteiger charge is -2.09. The van der Waals surface area contributed by atoms with Crippen molar-refractivity contribution in [3.8, 4) is 0 Å². The van der Waals surface area contributed by atoms with E-state index in [9.17, 15) is 0 Å². The summed E-state index contributed by atoms with van der Waals surface area (Å²) in [4.78, 5) is 0. The highest BCUT2D eigenvalue weighted by atomic mass is 80.0. The van der Waals surface area contributed by atoms with Crippen LogP contribution in [0.1, 0.15) is 6.92 Å². The van der Waals surface area contributed by atoms with Crippen LogP contribution in [0.15, 0.2) is 0 Å². The summed E-state index contributed by atoms with van der Waals surface area (Å²) in [5.74, 6) is 0. The molecule has 1 nitrogen and oxygen atoms in total. The Balaban J connectivity index is 3.11. The number of rotatable bonds is 2. The van der Waals surface area contributed by atoms with Crippen LogP contribution in [0.4, 0.5) is 0 Å². The fourth-order valence-corrected chi connectivity index (χ4v) is 0.574. The predicted octanol–water partition coefficient (Wildman–Crippen LogP) is 3.02. The molecule has 0 aromatic carbocycles. The van der Waals surface area contributed by atoms with Gasteiger partial charge in [-0.1, -0.05) is 47.8 Å². The van der Waals surface area contributed by atoms with Gasteiger partial charge in [0.05, 0.1) is 13.2 Å². The lowest BCUT2D eigenvalue weighted by molar-refractivity contribution is 0.217. The Hall–Kier alpha value is 1.40. The molecule has 0 heterocycles. The highest BCUT2D eigenvalue weighted by molar-refractivity contribution is 9.39. The largest absolute Gasteiger partial charge is 0.373 e. The van der Waals surface area contributed by atoms with Gasteiger partial charge in [0.1, 0.15) is 0 Å². The van der Waals surface area contributed by atoms with Crippen molar-refractivity contribution in [1.82, 2.24) is 0 Å². The van der Waals surface area contributed by atoms with Crippen LogP contribution in [-0.2, 0) is 4.74 Å². The molecule has 8 heavy (non-hydrogen) atoms. The van der Waals surface area contributed by atoms with Gasteiger partial charge in [-0.2, -0.15) is 0 Å². The monoisotopic (exact) mass is 307 g/mol. The first-order valence-electron chi connectivity index (χ1n) is 2.02. The van der Waals surface area contributed by atoms with E-state index in [0.29, 0.717) is 6.61 Å². The molecule has 0 unspecified atom stereocenters. The molecule has 0 spiro atoms. The normalized spacial score (nSPS) is 12.0. The lowest BCUT2D eigenvalue weighted by Crippen LogP contribution is -2.08. The zero-order valence-corrected chi connectivity index (χ0v) is 9.08. The standard InChI is InChI=1S/C4H6Br3O/c1-2-8-3-4(5,6)7/h2H,3H2,1H3. The molecule has 49 valence electrons. The van der Waals surface area contributed by atoms with Crippen molar-refractivity contribution in [1.29, 1.82) is 0 Å². The molecule has 0 saturated heterocycles. The van der Waals surface area contributed by atoms with Crippen molar-refractivity contribution < 1.29 is 4.74 Å². The molecule has 1 radical (unpaired) electrons. The number of hydrogen-bond donors (Lipinski definition) is 0. The fraction of sp³-hybridized carbons (Fsp3) is 0.750. The lowest BCUT2D eigenvalue weighted by atomic mass is 10.8. The van der Waals surface area contributed by atoms with E-state index in [1.54, 1.807) is 6.61 Å². The van der Waals surface area contributed by atoms with Crippen molar-refractivity contribution in [3.05, 3.63) is 6.61 Å². The molecule has 0 aromatic heterocycles. The summed E-state index contributed by atoms with van der Waals surface area (Å²) in [5, 5.41) is 0. The number of hydrogen-bond acceptors (Lipinski definition) is 1. The Morgan fingerprint density at radius 3 is 2.12 bits per heavy atom. The third-order valence-electron chi connectivity index (χ3n) is 0.414. The molecule has 0 aromatic rings. The van der Waals surface area contributed by atoms with Gasteiger partial charge in [0.15, 0.2) is 2.14 Å². The molecule has 0 N–H and O–H groups in total. The summed E-state index contributed by atoms with van der Waals surface area (Å²) in [6, 6.07) is 0. The van der Waals surface area contributed by atoms with Crippen molar-refractivity contribution in [2.75, 3.05) is 6.61 Å². The van der Waals surface area contributed by atoms with Crippen LogP contribution in [0.25, 0.3) is 0 Å². The van der Waals surface area contributed by atoms with Gasteiger partial charge in [-0.25, -0.2) is 0 Å². The molecule has 0 bridgehead atoms. The molecule has 0 amide bonds. The first-order chi connectivity index (χ1) is 3.56. The third-order valence-corrected chi connectivity index (χ3v) is 1.10. The molecule has 0 rings (SSSR count). The average Bonchev–Trinajstić information content (AvgIpc) is 1.59. The first kappa shape index (κ1) is 9.40. The zero-order valence-electron chi connectivity index (χ0n) is 4.33. The van der Waals surface area contributed by atoms with Gasteiger partial charge >= 0.3 is 0 Å². The van der Waals surface area contributed by atoms with Crippen LogP contribution in [-0.4, -0.2) is 8.75 Å². The van der Waals surface area contributed by atoms with E-state index >= 15 is 0 Å². The molecule has 0 aliphatic heterocycles. The summed E-state index contributed by atoms with van der Waals surface area (Å²) >= 11 is 9.80. The Morgan fingerprint density at radius 2 is 2.00 bits per heavy atom. The number of ether oxygens (including phenoxy) is 1. The minimum Gasteiger partial charge on any atom is -0.373 e. The van der Waals surface area contributed by atoms with Gasteiger partial charge in [0, 0.05) is 0 Å². The SMILES string of the molecule is C[CH]OCC(Br)(Br)Br. The second-order valence-electron chi connectivity index (χ2n) is 1.16. The smallest absolute Gasteiger partial charge is 0.158 e. The molecule has 0 aliphatic carbocycles. The fourth-order valence-electron chi connectivity index (χ4n) is 0.178. The van der Waals surface area contributed by atoms with Gasteiger partial charge in [0.2, 0.25) is 0 Å². The van der Waals surface area contributed by atoms with E-state index < -0.39 is 0 Å². The van der Waals surface area contributed by atoms with Gasteiger partial charge in [0.25, 0.3) is 0 Å². The maximum Gasteiger partial charge on any atom is 0.158 e. The molecule has 0 fully saturated rings. The molecular weight excluding hydrogens is 304 g/mol. The Kier molecular flexibility index (Phi) is 5.00. The van der Waals surface area contributed by atoms with E-state index in [0.717, 1.165) is 0 Å². The topological polar surface area (TPSA) is 9.23 Å². The predicted molar refractivity (Wildman–Crippen MR) is 45.4 cm³/mol. The highest BCUT2D eigenvalue weighted by Gasteiger charge is 2.16. The highest BCUT2D eigenvalue weighted by Crippen LogP contribution is 2.33. The van der Waals surface area contributed by atoms with E-state index in [1.165, 1.54) is 0 Å². The van der Waals surface area contributed by atoms with E-state index in [2.05, 4.69) is 47.8 Å². The van der Waals surface area contributed by atoms with E-state index in [4.69, 9.17) is 4.74 Å². The van der Waals surface area contributed by atoms with Crippen molar-refractivity contribution >= 4 is 47.8 Å². The van der Waals surface area contributed by atoms with Gasteiger partial charge < -0.3 is 4.74 Å². The van der Waals surface area contributed by atoms with Crippen LogP contribution in [0, 0.1) is 6.61 Å². The van der Waals surface area contributed by atoms with Crippen LogP contribution in [0.2, 0.25) is 0 Å². The van der Waals surface area contributed by atoms with Crippen molar-refractivity contribution in [2.24, 2.45) is 0 Å². The zero-order chi connectivity index (χ0) is 6.62. The quantitative estimate of drug-likeness (QED) is 0.713. The molecule has 0 saturated carbocycles. The Morgan fingerprint density at radius 1 is 1.50 bits per heavy atom. The summed E-state index contributed by atoms with van der Waals surface area (Å²) in [7, 11) is 0. The van der Waals surface area contributed by atoms with Crippen LogP contribution in [0.3, 0.4) is 0 Å². The van der Waals surface area contributed by atoms with Gasteiger partial charge in [-0.15, -0.1) is 0 Å². The van der Waals surface area contributed by atoms with Crippen LogP contribution < -0.4 is 0 Å². The van der Waals surface area contributed by atoms with E-state index in [-0.39, 0.29) is 2.14 Å². The number of alkyl halides is 3. The maximum atomic E-state index is 4.93. The Bertz CT molecular complexity index is 58.8. The van der Waals surface area contributed by atoms with Crippen LogP contribution >= 0.6 is 47.8 Å². The summed E-state index contributed by atoms with van der Waals surface area (Å²) < 4.78 is 4.67. The van der Waals surface area contributed by atoms with E-state index in [1.807, 2.05) is 6.92 Å². The summed E-state index contributed by atoms with van der Waals surface area (Å²) in [5.41, 5.74) is 0. The van der Waals surface area contributed by atoms with Crippen molar-refractivity contribution in [3.63, 3.8) is 0 Å². The average molecular weight is 310 g/mol. The first-order valence-corrected chi connectivity index (χ1v) is 4.40. The molecule has 0 aliphatic rings. The summed E-state index contributed by atoms with van der Waals surface area (Å²) in [6.07, 6.45) is 0. The van der Waals surface area contributed by atoms with Crippen molar-refractivity contribution in [2.45, 2.75) is 9.07 Å². The van der Waals surface area contributed by atoms with Gasteiger partial charge in [-0.05, 0) is 6.92 Å². The molecule has 4 heteroatoms.